The number of rotatable bonds is 12. The van der Waals surface area contributed by atoms with Crippen LogP contribution in [-0.4, -0.2) is 86.0 Å². The van der Waals surface area contributed by atoms with E-state index in [9.17, 15) is 0 Å². The summed E-state index contributed by atoms with van der Waals surface area (Å²) in [6.45, 7) is 2.22. The molecule has 0 aliphatic heterocycles. The molecule has 0 aromatic carbocycles. The number of allylic oxidation sites excluding steroid dienone is 2. The van der Waals surface area contributed by atoms with Crippen LogP contribution in [0.1, 0.15) is 128 Å². The Morgan fingerprint density at radius 2 is 0.698 bits per heavy atom. The molecular weight excluding hydrogens is 700 g/mol. The monoisotopic (exact) mass is 766 g/mol. The first-order chi connectivity index (χ1) is 21.0. The quantitative estimate of drug-likeness (QED) is 0.111. The van der Waals surface area contributed by atoms with Gasteiger partial charge in [-0.15, -0.1) is 0 Å². The van der Waals surface area contributed by atoms with E-state index >= 15 is 0 Å². The zero-order valence-electron chi connectivity index (χ0n) is 28.5. The van der Waals surface area contributed by atoms with Gasteiger partial charge >= 0.3 is 35.0 Å². The second-order valence-corrected chi connectivity index (χ2v) is 22.1. The first kappa shape index (κ1) is 40.7. The summed E-state index contributed by atoms with van der Waals surface area (Å²) >= 11 is -0.106. The van der Waals surface area contributed by atoms with Crippen molar-refractivity contribution in [1.82, 2.24) is 9.80 Å². The van der Waals surface area contributed by atoms with Crippen molar-refractivity contribution in [1.29, 1.82) is 0 Å². The van der Waals surface area contributed by atoms with Crippen LogP contribution in [0.25, 0.3) is 0 Å². The van der Waals surface area contributed by atoms with E-state index in [0.29, 0.717) is 0 Å². The molecule has 0 unspecified atom stereocenters. The fourth-order valence-corrected chi connectivity index (χ4v) is 15.1. The third-order valence-electron chi connectivity index (χ3n) is 10.1. The van der Waals surface area contributed by atoms with Gasteiger partial charge in [-0.1, -0.05) is 117 Å². The van der Waals surface area contributed by atoms with Crippen molar-refractivity contribution in [3.8, 4) is 0 Å². The zero-order valence-corrected chi connectivity index (χ0v) is 33.3. The second-order valence-electron chi connectivity index (χ2n) is 14.1. The van der Waals surface area contributed by atoms with E-state index in [-0.39, 0.29) is 31.8 Å². The Balaban J connectivity index is 0.000000275. The molecule has 0 saturated heterocycles. The van der Waals surface area contributed by atoms with Gasteiger partial charge in [0.05, 0.1) is 0 Å². The van der Waals surface area contributed by atoms with E-state index < -0.39 is 0 Å². The maximum absolute atomic E-state index is 4.81. The molecule has 43 heavy (non-hydrogen) atoms. The first-order valence-corrected chi connectivity index (χ1v) is 25.2. The van der Waals surface area contributed by atoms with Crippen LogP contribution in [0.2, 0.25) is 0 Å². The third-order valence-corrected chi connectivity index (χ3v) is 17.2. The Kier molecular flexibility index (Phi) is 25.0. The van der Waals surface area contributed by atoms with Crippen LogP contribution in [0.4, 0.5) is 0 Å². The van der Waals surface area contributed by atoms with Crippen LogP contribution in [-0.2, 0) is 15.9 Å². The molecule has 0 amide bonds. The van der Waals surface area contributed by atoms with Crippen molar-refractivity contribution in [2.24, 2.45) is 0 Å². The summed E-state index contributed by atoms with van der Waals surface area (Å²) in [5, 5.41) is 0. The minimum atomic E-state index is -0.106. The van der Waals surface area contributed by atoms with E-state index in [2.05, 4.69) is 62.3 Å². The summed E-state index contributed by atoms with van der Waals surface area (Å²) in [5.41, 5.74) is 4.41. The van der Waals surface area contributed by atoms with Gasteiger partial charge in [0.2, 0.25) is 0 Å². The molecule has 4 saturated carbocycles. The van der Waals surface area contributed by atoms with E-state index in [1.54, 1.807) is 51.4 Å². The van der Waals surface area contributed by atoms with Crippen molar-refractivity contribution in [2.75, 3.05) is 53.6 Å². The molecule has 0 spiro atoms. The summed E-state index contributed by atoms with van der Waals surface area (Å²) < 4.78 is 0. The molecule has 0 radical (unpaired) electrons. The van der Waals surface area contributed by atoms with Crippen molar-refractivity contribution in [3.05, 3.63) is 24.3 Å². The average molecular weight is 768 g/mol. The molecule has 0 aromatic heterocycles. The Bertz CT molecular complexity index is 605. The minimum absolute atomic E-state index is 0.106. The van der Waals surface area contributed by atoms with Gasteiger partial charge in [0.15, 0.2) is 0 Å². The molecule has 7 heteroatoms. The molecular formula is C36H68Cl2N2P2Pd. The summed E-state index contributed by atoms with van der Waals surface area (Å²) in [7, 11) is 18.8. The van der Waals surface area contributed by atoms with Gasteiger partial charge < -0.3 is 9.80 Å². The molecule has 0 heterocycles. The molecule has 0 atom stereocenters. The van der Waals surface area contributed by atoms with Crippen LogP contribution in [0, 0.1) is 0 Å². The normalized spacial score (nSPS) is 22.1. The molecule has 4 aliphatic rings. The number of nitrogens with zero attached hydrogens (tertiary/aromatic N) is 2. The molecule has 0 bridgehead atoms. The third kappa shape index (κ3) is 18.6. The first-order valence-electron chi connectivity index (χ1n) is 17.9. The number of halogens is 2. The second kappa shape index (κ2) is 26.5. The van der Waals surface area contributed by atoms with Gasteiger partial charge in [-0.3, -0.25) is 0 Å². The number of hydrogen-bond donors (Lipinski definition) is 0. The predicted octanol–water partition coefficient (Wildman–Crippen LogP) is 11.9. The fourth-order valence-electron chi connectivity index (χ4n) is 7.81. The average Bonchev–Trinajstić information content (AvgIpc) is 3.03. The topological polar surface area (TPSA) is 6.48 Å². The Morgan fingerprint density at radius 1 is 0.465 bits per heavy atom. The molecule has 0 aromatic rings. The van der Waals surface area contributed by atoms with Crippen LogP contribution in [0.5, 0.6) is 0 Å². The number of hydrogen-bond acceptors (Lipinski definition) is 2. The van der Waals surface area contributed by atoms with Crippen LogP contribution in [0.15, 0.2) is 24.3 Å². The van der Waals surface area contributed by atoms with Gasteiger partial charge in [-0.25, -0.2) is 0 Å². The Labute approximate surface area is 287 Å². The fraction of sp³-hybridized carbons (Fsp3) is 0.889. The Morgan fingerprint density at radius 3 is 0.907 bits per heavy atom. The van der Waals surface area contributed by atoms with Gasteiger partial charge in [0.25, 0.3) is 0 Å². The molecule has 0 N–H and O–H groups in total. The maximum atomic E-state index is 4.81. The zero-order chi connectivity index (χ0) is 31.1. The molecule has 4 aliphatic carbocycles. The van der Waals surface area contributed by atoms with E-state index in [4.69, 9.17) is 19.1 Å². The molecule has 4 fully saturated rings. The van der Waals surface area contributed by atoms with Crippen LogP contribution in [0.3, 0.4) is 0 Å². The summed E-state index contributed by atoms with van der Waals surface area (Å²) in [6.07, 6.45) is 43.1. The van der Waals surface area contributed by atoms with Gasteiger partial charge in [-0.05, 0) is 115 Å². The van der Waals surface area contributed by atoms with Crippen molar-refractivity contribution in [2.45, 2.75) is 151 Å². The molecule has 2 nitrogen and oxygen atoms in total. The van der Waals surface area contributed by atoms with Gasteiger partial charge in [0, 0.05) is 13.1 Å². The predicted molar refractivity (Wildman–Crippen MR) is 198 cm³/mol. The van der Waals surface area contributed by atoms with Crippen molar-refractivity contribution >= 4 is 34.9 Å². The molecule has 256 valence electrons. The van der Waals surface area contributed by atoms with Crippen LogP contribution >= 0.6 is 34.9 Å². The number of likely N-dealkylation sites (N-methyl/N-ethyl adjacent to an activating group) is 2. The van der Waals surface area contributed by atoms with E-state index in [1.165, 1.54) is 89.4 Å². The van der Waals surface area contributed by atoms with Crippen LogP contribution < -0.4 is 0 Å². The van der Waals surface area contributed by atoms with Gasteiger partial charge in [0.1, 0.15) is 0 Å². The van der Waals surface area contributed by atoms with E-state index in [1.807, 2.05) is 0 Å². The SMILES string of the molecule is CN(C)CC=CCP(C1CCCCC1)C1CCCCC1.CN(C)CC=CCP(C1CCCCC1)C1CCCCC1.[Cl][Pd][Cl]. The standard InChI is InChI=1S/2C18H34NP.2ClH.Pd/c2*1-19(2)15-9-10-16-20(17-11-5-3-6-12-17)18-13-7-4-8-14-18;;;/h2*9-10,17-18H,3-8,11-16H2,1-2H3;2*1H;/q;;;;+2/p-2. The Hall–Kier alpha value is 1.50. The summed E-state index contributed by atoms with van der Waals surface area (Å²) in [5.74, 6) is 0. The summed E-state index contributed by atoms with van der Waals surface area (Å²) in [6, 6.07) is 0. The van der Waals surface area contributed by atoms with Gasteiger partial charge in [-0.2, -0.15) is 0 Å². The molecule has 4 rings (SSSR count). The summed E-state index contributed by atoms with van der Waals surface area (Å²) in [4.78, 5) is 4.53. The van der Waals surface area contributed by atoms with Crippen molar-refractivity contribution < 1.29 is 15.9 Å². The van der Waals surface area contributed by atoms with Crippen molar-refractivity contribution in [3.63, 3.8) is 0 Å². The van der Waals surface area contributed by atoms with E-state index in [0.717, 1.165) is 35.7 Å².